The number of rotatable bonds is 7. The topological polar surface area (TPSA) is 91.0 Å². The molecule has 0 bridgehead atoms. The van der Waals surface area contributed by atoms with Crippen LogP contribution in [0.4, 0.5) is 0 Å². The summed E-state index contributed by atoms with van der Waals surface area (Å²) in [6.07, 6.45) is 3.57. The lowest BCUT2D eigenvalue weighted by atomic mass is 9.91. The highest BCUT2D eigenvalue weighted by Crippen LogP contribution is 2.20. The fraction of sp³-hybridized carbons (Fsp3) is 0.778. The standard InChI is InChI=1S/C18H33N5O3S/c1-5-19-17(20-9-6-8-18(2,3)4)22-10-12-23(13-11-22)27(24,25)15-16-7-14-26-21-16/h7,14H,5-6,8-13,15H2,1-4H3,(H,19,20). The van der Waals surface area contributed by atoms with Gasteiger partial charge in [0.25, 0.3) is 0 Å². The summed E-state index contributed by atoms with van der Waals surface area (Å²) in [6, 6.07) is 1.58. The highest BCUT2D eigenvalue weighted by atomic mass is 32.2. The van der Waals surface area contributed by atoms with Gasteiger partial charge < -0.3 is 14.7 Å². The molecule has 27 heavy (non-hydrogen) atoms. The van der Waals surface area contributed by atoms with Crippen LogP contribution in [0.5, 0.6) is 0 Å². The number of aliphatic imine (C=N–C) groups is 1. The van der Waals surface area contributed by atoms with Crippen molar-refractivity contribution in [1.29, 1.82) is 0 Å². The Morgan fingerprint density at radius 3 is 2.56 bits per heavy atom. The zero-order valence-electron chi connectivity index (χ0n) is 16.9. The number of hydrogen-bond acceptors (Lipinski definition) is 5. The third kappa shape index (κ3) is 7.14. The normalized spacial score (nSPS) is 17.3. The molecule has 0 aromatic carbocycles. The van der Waals surface area contributed by atoms with Crippen LogP contribution in [0.2, 0.25) is 0 Å². The molecule has 0 aliphatic carbocycles. The second-order valence-electron chi connectivity index (χ2n) is 8.03. The van der Waals surface area contributed by atoms with Crippen LogP contribution in [0, 0.1) is 5.41 Å². The number of aromatic nitrogens is 1. The molecule has 0 radical (unpaired) electrons. The lowest BCUT2D eigenvalue weighted by Crippen LogP contribution is -2.53. The predicted octanol–water partition coefficient (Wildman–Crippen LogP) is 1.91. The molecule has 2 heterocycles. The molecule has 1 saturated heterocycles. The second kappa shape index (κ2) is 9.54. The zero-order chi connectivity index (χ0) is 19.9. The summed E-state index contributed by atoms with van der Waals surface area (Å²) in [5.74, 6) is 0.754. The van der Waals surface area contributed by atoms with Crippen LogP contribution in [0.1, 0.15) is 46.2 Å². The zero-order valence-corrected chi connectivity index (χ0v) is 17.8. The number of piperazine rings is 1. The Bertz CT molecular complexity index is 687. The first-order valence-electron chi connectivity index (χ1n) is 9.61. The van der Waals surface area contributed by atoms with Gasteiger partial charge in [-0.3, -0.25) is 4.99 Å². The lowest BCUT2D eigenvalue weighted by Gasteiger charge is -2.35. The third-order valence-electron chi connectivity index (χ3n) is 4.43. The van der Waals surface area contributed by atoms with Crippen LogP contribution in [-0.4, -0.2) is 68.0 Å². The molecule has 1 aromatic rings. The Morgan fingerprint density at radius 1 is 1.30 bits per heavy atom. The fourth-order valence-corrected chi connectivity index (χ4v) is 4.41. The van der Waals surface area contributed by atoms with Gasteiger partial charge in [-0.15, -0.1) is 0 Å². The molecule has 1 aliphatic heterocycles. The van der Waals surface area contributed by atoms with Gasteiger partial charge >= 0.3 is 0 Å². The largest absolute Gasteiger partial charge is 0.364 e. The maximum atomic E-state index is 12.5. The molecule has 0 amide bonds. The van der Waals surface area contributed by atoms with Gasteiger partial charge in [0.05, 0.1) is 5.69 Å². The van der Waals surface area contributed by atoms with E-state index in [2.05, 4.69) is 36.1 Å². The van der Waals surface area contributed by atoms with Crippen LogP contribution in [0.15, 0.2) is 21.8 Å². The molecule has 1 N–H and O–H groups in total. The van der Waals surface area contributed by atoms with E-state index in [9.17, 15) is 8.42 Å². The van der Waals surface area contributed by atoms with Gasteiger partial charge in [-0.2, -0.15) is 4.31 Å². The van der Waals surface area contributed by atoms with Gasteiger partial charge in [-0.1, -0.05) is 25.9 Å². The quantitative estimate of drug-likeness (QED) is 0.428. The molecule has 0 atom stereocenters. The Morgan fingerprint density at radius 2 is 2.00 bits per heavy atom. The lowest BCUT2D eigenvalue weighted by molar-refractivity contribution is 0.259. The van der Waals surface area contributed by atoms with Crippen molar-refractivity contribution < 1.29 is 12.9 Å². The monoisotopic (exact) mass is 399 g/mol. The van der Waals surface area contributed by atoms with Crippen LogP contribution in [0.3, 0.4) is 0 Å². The number of nitrogens with zero attached hydrogens (tertiary/aromatic N) is 4. The summed E-state index contributed by atoms with van der Waals surface area (Å²) in [6.45, 7) is 12.5. The van der Waals surface area contributed by atoms with E-state index >= 15 is 0 Å². The number of hydrogen-bond donors (Lipinski definition) is 1. The predicted molar refractivity (Wildman–Crippen MR) is 107 cm³/mol. The van der Waals surface area contributed by atoms with Crippen LogP contribution < -0.4 is 5.32 Å². The van der Waals surface area contributed by atoms with E-state index < -0.39 is 10.0 Å². The molecule has 154 valence electrons. The highest BCUT2D eigenvalue weighted by Gasteiger charge is 2.29. The Balaban J connectivity index is 1.89. The minimum atomic E-state index is -3.38. The minimum Gasteiger partial charge on any atom is -0.364 e. The van der Waals surface area contributed by atoms with Crippen molar-refractivity contribution in [2.75, 3.05) is 39.3 Å². The fourth-order valence-electron chi connectivity index (χ4n) is 2.99. The summed E-state index contributed by atoms with van der Waals surface area (Å²) in [5.41, 5.74) is 0.753. The van der Waals surface area contributed by atoms with Crippen LogP contribution >= 0.6 is 0 Å². The molecule has 1 aromatic heterocycles. The first-order chi connectivity index (χ1) is 12.7. The molecular weight excluding hydrogens is 366 g/mol. The Kier molecular flexibility index (Phi) is 7.67. The third-order valence-corrected chi connectivity index (χ3v) is 6.25. The molecule has 0 spiro atoms. The summed E-state index contributed by atoms with van der Waals surface area (Å²) in [5, 5.41) is 7.03. The molecule has 8 nitrogen and oxygen atoms in total. The Hall–Kier alpha value is -1.61. The summed E-state index contributed by atoms with van der Waals surface area (Å²) in [4.78, 5) is 6.87. The first kappa shape index (κ1) is 21.7. The summed E-state index contributed by atoms with van der Waals surface area (Å²) in [7, 11) is -3.38. The molecule has 2 rings (SSSR count). The number of nitrogens with one attached hydrogen (secondary N) is 1. The van der Waals surface area contributed by atoms with Gasteiger partial charge in [0.2, 0.25) is 10.0 Å². The van der Waals surface area contributed by atoms with Gasteiger partial charge in [0.1, 0.15) is 12.0 Å². The minimum absolute atomic E-state index is 0.121. The van der Waals surface area contributed by atoms with Crippen molar-refractivity contribution in [3.05, 3.63) is 18.0 Å². The molecule has 0 saturated carbocycles. The van der Waals surface area contributed by atoms with Crippen molar-refractivity contribution in [1.82, 2.24) is 19.7 Å². The van der Waals surface area contributed by atoms with Crippen molar-refractivity contribution >= 4 is 16.0 Å². The first-order valence-corrected chi connectivity index (χ1v) is 11.2. The molecular formula is C18H33N5O3S. The van der Waals surface area contributed by atoms with E-state index in [0.717, 1.165) is 31.9 Å². The maximum absolute atomic E-state index is 12.5. The van der Waals surface area contributed by atoms with Crippen LogP contribution in [-0.2, 0) is 15.8 Å². The van der Waals surface area contributed by atoms with Gasteiger partial charge in [-0.25, -0.2) is 8.42 Å². The molecule has 0 unspecified atom stereocenters. The smallest absolute Gasteiger partial charge is 0.220 e. The van der Waals surface area contributed by atoms with E-state index in [1.807, 2.05) is 6.92 Å². The number of sulfonamides is 1. The van der Waals surface area contributed by atoms with Gasteiger partial charge in [0.15, 0.2) is 5.96 Å². The Labute approximate surface area is 163 Å². The SMILES string of the molecule is CCNC(=NCCCC(C)(C)C)N1CCN(S(=O)(=O)Cc2ccon2)CC1. The van der Waals surface area contributed by atoms with E-state index in [1.54, 1.807) is 6.07 Å². The van der Waals surface area contributed by atoms with Crippen molar-refractivity contribution in [3.8, 4) is 0 Å². The average Bonchev–Trinajstić information content (AvgIpc) is 3.09. The van der Waals surface area contributed by atoms with E-state index in [-0.39, 0.29) is 5.75 Å². The van der Waals surface area contributed by atoms with E-state index in [0.29, 0.717) is 37.3 Å². The van der Waals surface area contributed by atoms with Gasteiger partial charge in [-0.05, 0) is 25.2 Å². The van der Waals surface area contributed by atoms with Crippen molar-refractivity contribution in [2.24, 2.45) is 10.4 Å². The summed E-state index contributed by atoms with van der Waals surface area (Å²) >= 11 is 0. The van der Waals surface area contributed by atoms with Gasteiger partial charge in [0, 0.05) is 45.3 Å². The summed E-state index contributed by atoms with van der Waals surface area (Å²) < 4.78 is 31.3. The molecule has 1 fully saturated rings. The average molecular weight is 400 g/mol. The van der Waals surface area contributed by atoms with Crippen LogP contribution in [0.25, 0.3) is 0 Å². The number of guanidine groups is 1. The molecule has 9 heteroatoms. The van der Waals surface area contributed by atoms with Crippen molar-refractivity contribution in [2.45, 2.75) is 46.3 Å². The molecule has 1 aliphatic rings. The highest BCUT2D eigenvalue weighted by molar-refractivity contribution is 7.88. The second-order valence-corrected chi connectivity index (χ2v) is 10.0. The van der Waals surface area contributed by atoms with E-state index in [1.165, 1.54) is 10.6 Å². The maximum Gasteiger partial charge on any atom is 0.220 e. The van der Waals surface area contributed by atoms with E-state index in [4.69, 9.17) is 9.52 Å². The van der Waals surface area contributed by atoms with Crippen molar-refractivity contribution in [3.63, 3.8) is 0 Å².